The molecule has 0 saturated carbocycles. The Morgan fingerprint density at radius 2 is 2.14 bits per heavy atom. The highest BCUT2D eigenvalue weighted by atomic mass is 16.2. The predicted octanol–water partition coefficient (Wildman–Crippen LogP) is 1.78. The lowest BCUT2D eigenvalue weighted by Crippen LogP contribution is -2.32. The van der Waals surface area contributed by atoms with Gasteiger partial charge < -0.3 is 15.6 Å². The molecule has 9 nitrogen and oxygen atoms in total. The molecule has 4 heterocycles. The average Bonchev–Trinajstić information content (AvgIpc) is 3.31. The van der Waals surface area contributed by atoms with E-state index in [1.807, 2.05) is 12.1 Å². The molecule has 150 valence electrons. The van der Waals surface area contributed by atoms with E-state index >= 15 is 0 Å². The van der Waals surface area contributed by atoms with Gasteiger partial charge in [0.15, 0.2) is 5.82 Å². The number of carbonyl (C=O) groups is 2. The monoisotopic (exact) mass is 393 g/mol. The van der Waals surface area contributed by atoms with E-state index in [4.69, 9.17) is 10.7 Å². The summed E-state index contributed by atoms with van der Waals surface area (Å²) in [6.07, 6.45) is 5.26. The van der Waals surface area contributed by atoms with Gasteiger partial charge in [-0.3, -0.25) is 14.6 Å². The van der Waals surface area contributed by atoms with Gasteiger partial charge in [0, 0.05) is 38.5 Å². The number of unbranched alkanes of at least 4 members (excludes halogenated alkanes) is 1. The van der Waals surface area contributed by atoms with Crippen LogP contribution in [-0.4, -0.2) is 43.6 Å². The van der Waals surface area contributed by atoms with Gasteiger partial charge in [-0.15, -0.1) is 0 Å². The van der Waals surface area contributed by atoms with Crippen molar-refractivity contribution in [3.05, 3.63) is 24.2 Å². The van der Waals surface area contributed by atoms with Crippen LogP contribution in [0.5, 0.6) is 0 Å². The number of nitrogens with zero attached hydrogens (tertiary/aromatic N) is 5. The second kappa shape index (κ2) is 7.94. The van der Waals surface area contributed by atoms with Crippen molar-refractivity contribution in [3.63, 3.8) is 0 Å². The molecular formula is C20H23N7O2. The number of aliphatic imine (C=N–C) groups is 1. The van der Waals surface area contributed by atoms with Crippen LogP contribution in [0.3, 0.4) is 0 Å². The Bertz CT molecular complexity index is 1130. The standard InChI is InChI=1S/C20H23N7O2/c1-2-3-6-14-26-17-18(16-12(25-19(17)21)5-4-9-22-16)27(14)11-10-23-20(29)13-7-8-15(28)24-13/h4-5,9H,2-3,6-8,10-11H2,1H3,(H2,21,25)(H,23,29). The number of nitrogens with one attached hydrogen (secondary N) is 1. The maximum absolute atomic E-state index is 12.2. The molecule has 9 heteroatoms. The Balaban J connectivity index is 1.66. The number of aromatic nitrogens is 4. The van der Waals surface area contributed by atoms with Crippen molar-refractivity contribution in [2.24, 2.45) is 4.99 Å². The molecule has 0 radical (unpaired) electrons. The van der Waals surface area contributed by atoms with Crippen molar-refractivity contribution in [3.8, 4) is 0 Å². The molecule has 0 unspecified atom stereocenters. The van der Waals surface area contributed by atoms with Crippen LogP contribution in [0.1, 0.15) is 38.4 Å². The Kier molecular flexibility index (Phi) is 5.20. The van der Waals surface area contributed by atoms with Gasteiger partial charge in [0.05, 0.1) is 5.52 Å². The third-order valence-electron chi connectivity index (χ3n) is 5.01. The number of hydrogen-bond acceptors (Lipinski definition) is 6. The van der Waals surface area contributed by atoms with Gasteiger partial charge in [0.25, 0.3) is 5.91 Å². The number of nitrogen functional groups attached to an aromatic ring is 1. The van der Waals surface area contributed by atoms with Crippen LogP contribution < -0.4 is 11.1 Å². The van der Waals surface area contributed by atoms with Gasteiger partial charge in [-0.05, 0) is 18.6 Å². The molecule has 3 aromatic rings. The molecule has 1 aliphatic heterocycles. The average molecular weight is 393 g/mol. The second-order valence-electron chi connectivity index (χ2n) is 7.06. The zero-order chi connectivity index (χ0) is 20.4. The number of amides is 2. The summed E-state index contributed by atoms with van der Waals surface area (Å²) >= 11 is 0. The van der Waals surface area contributed by atoms with E-state index in [0.717, 1.165) is 36.1 Å². The van der Waals surface area contributed by atoms with Crippen molar-refractivity contribution in [1.29, 1.82) is 0 Å². The van der Waals surface area contributed by atoms with E-state index in [-0.39, 0.29) is 11.8 Å². The van der Waals surface area contributed by atoms with Gasteiger partial charge in [0.2, 0.25) is 5.91 Å². The number of aryl methyl sites for hydroxylation is 1. The quantitative estimate of drug-likeness (QED) is 0.630. The first-order valence-corrected chi connectivity index (χ1v) is 9.86. The smallest absolute Gasteiger partial charge is 0.265 e. The van der Waals surface area contributed by atoms with Gasteiger partial charge in [-0.25, -0.2) is 15.0 Å². The third-order valence-corrected chi connectivity index (χ3v) is 5.01. The fourth-order valence-electron chi connectivity index (χ4n) is 3.57. The first kappa shape index (κ1) is 19.0. The summed E-state index contributed by atoms with van der Waals surface area (Å²) in [7, 11) is 0. The van der Waals surface area contributed by atoms with E-state index in [1.165, 1.54) is 0 Å². The third kappa shape index (κ3) is 3.67. The van der Waals surface area contributed by atoms with Crippen molar-refractivity contribution in [2.75, 3.05) is 12.3 Å². The first-order chi connectivity index (χ1) is 14.1. The Labute approximate surface area is 167 Å². The number of hydrogen-bond donors (Lipinski definition) is 2. The van der Waals surface area contributed by atoms with Crippen LogP contribution in [-0.2, 0) is 22.6 Å². The highest BCUT2D eigenvalue weighted by Crippen LogP contribution is 2.27. The van der Waals surface area contributed by atoms with E-state index < -0.39 is 0 Å². The zero-order valence-corrected chi connectivity index (χ0v) is 16.3. The summed E-state index contributed by atoms with van der Waals surface area (Å²) in [6, 6.07) is 3.70. The number of pyridine rings is 2. The molecule has 3 N–H and O–H groups in total. The lowest BCUT2D eigenvalue weighted by molar-refractivity contribution is -0.117. The molecule has 0 bridgehead atoms. The maximum atomic E-state index is 12.2. The molecule has 29 heavy (non-hydrogen) atoms. The summed E-state index contributed by atoms with van der Waals surface area (Å²) in [4.78, 5) is 40.9. The summed E-state index contributed by atoms with van der Waals surface area (Å²) in [5, 5.41) is 2.86. The molecule has 0 aromatic carbocycles. The minimum Gasteiger partial charge on any atom is -0.382 e. The summed E-state index contributed by atoms with van der Waals surface area (Å²) < 4.78 is 2.07. The molecule has 0 saturated heterocycles. The van der Waals surface area contributed by atoms with Crippen LogP contribution in [0.2, 0.25) is 0 Å². The largest absolute Gasteiger partial charge is 0.382 e. The molecule has 0 atom stereocenters. The Hall–Kier alpha value is -3.36. The normalized spacial score (nSPS) is 14.0. The molecule has 0 spiro atoms. The van der Waals surface area contributed by atoms with Crippen LogP contribution in [0.4, 0.5) is 5.82 Å². The molecule has 0 fully saturated rings. The molecule has 4 rings (SSSR count). The lowest BCUT2D eigenvalue weighted by Gasteiger charge is -2.11. The fourth-order valence-corrected chi connectivity index (χ4v) is 3.57. The SMILES string of the molecule is CCCCc1nc2c(N)nc3cccnc3c2n1CCNC(=O)C1=NC(=O)CC1. The van der Waals surface area contributed by atoms with Gasteiger partial charge >= 0.3 is 0 Å². The number of fused-ring (bicyclic) bond motifs is 3. The number of carbonyl (C=O) groups excluding carboxylic acids is 2. The van der Waals surface area contributed by atoms with Crippen LogP contribution >= 0.6 is 0 Å². The van der Waals surface area contributed by atoms with Crippen molar-refractivity contribution < 1.29 is 9.59 Å². The van der Waals surface area contributed by atoms with E-state index in [2.05, 4.69) is 31.8 Å². The minimum absolute atomic E-state index is 0.238. The summed E-state index contributed by atoms with van der Waals surface area (Å²) in [5.41, 5.74) is 9.40. The Morgan fingerprint density at radius 3 is 2.90 bits per heavy atom. The van der Waals surface area contributed by atoms with Crippen LogP contribution in [0.25, 0.3) is 22.1 Å². The lowest BCUT2D eigenvalue weighted by atomic mass is 10.2. The molecule has 2 amide bonds. The topological polar surface area (TPSA) is 128 Å². The maximum Gasteiger partial charge on any atom is 0.265 e. The van der Waals surface area contributed by atoms with Gasteiger partial charge in [-0.1, -0.05) is 13.3 Å². The van der Waals surface area contributed by atoms with Crippen molar-refractivity contribution >= 4 is 45.4 Å². The van der Waals surface area contributed by atoms with Crippen molar-refractivity contribution in [2.45, 2.75) is 45.6 Å². The summed E-state index contributed by atoms with van der Waals surface area (Å²) in [5.74, 6) is 0.744. The highest BCUT2D eigenvalue weighted by Gasteiger charge is 2.21. The number of anilines is 1. The van der Waals surface area contributed by atoms with Gasteiger partial charge in [0.1, 0.15) is 28.1 Å². The zero-order valence-electron chi connectivity index (χ0n) is 16.3. The number of rotatable bonds is 7. The predicted molar refractivity (Wildman–Crippen MR) is 111 cm³/mol. The molecule has 3 aromatic heterocycles. The van der Waals surface area contributed by atoms with Crippen LogP contribution in [0, 0.1) is 0 Å². The second-order valence-corrected chi connectivity index (χ2v) is 7.06. The molecular weight excluding hydrogens is 370 g/mol. The fraction of sp³-hybridized carbons (Fsp3) is 0.400. The highest BCUT2D eigenvalue weighted by molar-refractivity contribution is 6.42. The van der Waals surface area contributed by atoms with E-state index in [9.17, 15) is 9.59 Å². The van der Waals surface area contributed by atoms with E-state index in [0.29, 0.717) is 48.5 Å². The molecule has 0 aliphatic carbocycles. The molecule has 1 aliphatic rings. The van der Waals surface area contributed by atoms with Gasteiger partial charge in [-0.2, -0.15) is 0 Å². The first-order valence-electron chi connectivity index (χ1n) is 9.86. The summed E-state index contributed by atoms with van der Waals surface area (Å²) in [6.45, 7) is 3.02. The van der Waals surface area contributed by atoms with E-state index in [1.54, 1.807) is 6.20 Å². The Morgan fingerprint density at radius 1 is 1.28 bits per heavy atom. The minimum atomic E-state index is -0.292. The van der Waals surface area contributed by atoms with Crippen molar-refractivity contribution in [1.82, 2.24) is 24.8 Å². The van der Waals surface area contributed by atoms with Crippen LogP contribution in [0.15, 0.2) is 23.3 Å². The number of imidazole rings is 1. The number of nitrogens with two attached hydrogens (primary N) is 1.